The smallest absolute Gasteiger partial charge is 0.231 e. The number of aliphatic hydroxyl groups is 1. The molecule has 0 spiro atoms. The maximum atomic E-state index is 11.9. The van der Waals surface area contributed by atoms with Crippen LogP contribution in [0.1, 0.15) is 39.0 Å². The highest BCUT2D eigenvalue weighted by Gasteiger charge is 2.26. The first-order valence-corrected chi connectivity index (χ1v) is 6.04. The lowest BCUT2D eigenvalue weighted by molar-refractivity contribution is -0.124. The van der Waals surface area contributed by atoms with Gasteiger partial charge in [-0.25, -0.2) is 0 Å². The molecule has 1 aliphatic rings. The van der Waals surface area contributed by atoms with Crippen molar-refractivity contribution in [2.45, 2.75) is 51.2 Å². The minimum Gasteiger partial charge on any atom is -0.409 e. The molecule has 0 saturated heterocycles. The van der Waals surface area contributed by atoms with E-state index in [-0.39, 0.29) is 23.9 Å². The van der Waals surface area contributed by atoms with E-state index in [2.05, 4.69) is 10.5 Å². The van der Waals surface area contributed by atoms with E-state index in [0.717, 1.165) is 12.8 Å². The zero-order valence-electron chi connectivity index (χ0n) is 10.1. The predicted octanol–water partition coefficient (Wildman–Crippen LogP) is 0.179. The van der Waals surface area contributed by atoms with Crippen LogP contribution in [0.4, 0.5) is 0 Å². The van der Waals surface area contributed by atoms with Gasteiger partial charge in [-0.2, -0.15) is 0 Å². The molecule has 98 valence electrons. The van der Waals surface area contributed by atoms with E-state index in [0.29, 0.717) is 19.3 Å². The van der Waals surface area contributed by atoms with Crippen molar-refractivity contribution < 1.29 is 15.1 Å². The number of nitrogens with one attached hydrogen (secondary N) is 1. The van der Waals surface area contributed by atoms with Crippen LogP contribution in [0.15, 0.2) is 5.16 Å². The number of hydrogen-bond donors (Lipinski definition) is 4. The van der Waals surface area contributed by atoms with Crippen molar-refractivity contribution in [3.63, 3.8) is 0 Å². The van der Waals surface area contributed by atoms with Crippen LogP contribution in [-0.4, -0.2) is 34.2 Å². The third-order valence-electron chi connectivity index (χ3n) is 3.24. The van der Waals surface area contributed by atoms with E-state index in [9.17, 15) is 9.90 Å². The van der Waals surface area contributed by atoms with Crippen LogP contribution < -0.4 is 11.1 Å². The van der Waals surface area contributed by atoms with Crippen LogP contribution in [0.2, 0.25) is 0 Å². The average molecular weight is 243 g/mol. The number of aliphatic hydroxyl groups excluding tert-OH is 1. The molecule has 0 radical (unpaired) electrons. The van der Waals surface area contributed by atoms with Crippen LogP contribution in [0.25, 0.3) is 0 Å². The minimum atomic E-state index is -0.577. The lowest BCUT2D eigenvalue weighted by atomic mass is 9.92. The van der Waals surface area contributed by atoms with Gasteiger partial charge in [0.25, 0.3) is 0 Å². The van der Waals surface area contributed by atoms with Gasteiger partial charge in [-0.15, -0.1) is 0 Å². The molecule has 1 saturated carbocycles. The summed E-state index contributed by atoms with van der Waals surface area (Å²) in [5, 5.41) is 23.7. The lowest BCUT2D eigenvalue weighted by Crippen LogP contribution is -2.45. The maximum Gasteiger partial charge on any atom is 0.231 e. The Hall–Kier alpha value is -1.30. The molecule has 5 N–H and O–H groups in total. The Balaban J connectivity index is 2.47. The first-order chi connectivity index (χ1) is 8.08. The molecule has 0 aliphatic heterocycles. The number of hydrogen-bond acceptors (Lipinski definition) is 4. The van der Waals surface area contributed by atoms with Crippen LogP contribution in [0, 0.1) is 5.92 Å². The van der Waals surface area contributed by atoms with Crippen LogP contribution in [0.3, 0.4) is 0 Å². The van der Waals surface area contributed by atoms with Gasteiger partial charge in [0.05, 0.1) is 12.0 Å². The maximum absolute atomic E-state index is 11.9. The Kier molecular flexibility index (Phi) is 5.21. The fourth-order valence-corrected chi connectivity index (χ4v) is 2.12. The first kappa shape index (κ1) is 13.8. The van der Waals surface area contributed by atoms with Gasteiger partial charge in [0.1, 0.15) is 0 Å². The number of carbonyl (C=O) groups excluding carboxylic acids is 1. The Bertz CT molecular complexity index is 286. The van der Waals surface area contributed by atoms with Gasteiger partial charge in [0.2, 0.25) is 5.91 Å². The van der Waals surface area contributed by atoms with E-state index in [4.69, 9.17) is 10.9 Å². The molecule has 1 unspecified atom stereocenters. The molecule has 0 aromatic heterocycles. The number of oxime groups is 1. The SMILES string of the molecule is CCC(C(=O)NC1CCC(O)CC1)C(N)=NO. The summed E-state index contributed by atoms with van der Waals surface area (Å²) in [5.74, 6) is -0.836. The summed E-state index contributed by atoms with van der Waals surface area (Å²) < 4.78 is 0. The number of carbonyl (C=O) groups is 1. The van der Waals surface area contributed by atoms with Crippen LogP contribution in [-0.2, 0) is 4.79 Å². The highest BCUT2D eigenvalue weighted by molar-refractivity contribution is 6.02. The monoisotopic (exact) mass is 243 g/mol. The van der Waals surface area contributed by atoms with E-state index < -0.39 is 5.92 Å². The summed E-state index contributed by atoms with van der Waals surface area (Å²) in [5.41, 5.74) is 5.45. The minimum absolute atomic E-state index is 0.0548. The van der Waals surface area contributed by atoms with E-state index >= 15 is 0 Å². The second kappa shape index (κ2) is 6.44. The molecule has 0 heterocycles. The molecule has 1 atom stereocenters. The fourth-order valence-electron chi connectivity index (χ4n) is 2.12. The van der Waals surface area contributed by atoms with Crippen molar-refractivity contribution in [2.75, 3.05) is 0 Å². The third kappa shape index (κ3) is 3.89. The lowest BCUT2D eigenvalue weighted by Gasteiger charge is -2.27. The second-order valence-electron chi connectivity index (χ2n) is 4.50. The number of rotatable bonds is 4. The van der Waals surface area contributed by atoms with Gasteiger partial charge in [0, 0.05) is 6.04 Å². The van der Waals surface area contributed by atoms with E-state index in [1.54, 1.807) is 0 Å². The molecule has 0 aromatic carbocycles. The number of nitrogens with zero attached hydrogens (tertiary/aromatic N) is 1. The Morgan fingerprint density at radius 3 is 2.53 bits per heavy atom. The molecule has 6 nitrogen and oxygen atoms in total. The second-order valence-corrected chi connectivity index (χ2v) is 4.50. The molecule has 6 heteroatoms. The first-order valence-electron chi connectivity index (χ1n) is 6.04. The normalized spacial score (nSPS) is 27.5. The van der Waals surface area contributed by atoms with Crippen molar-refractivity contribution in [1.82, 2.24) is 5.32 Å². The molecule has 0 aromatic rings. The van der Waals surface area contributed by atoms with Crippen molar-refractivity contribution in [2.24, 2.45) is 16.8 Å². The molecule has 1 fully saturated rings. The quantitative estimate of drug-likeness (QED) is 0.244. The van der Waals surface area contributed by atoms with E-state index in [1.165, 1.54) is 0 Å². The molecular formula is C11H21N3O3. The summed E-state index contributed by atoms with van der Waals surface area (Å²) in [7, 11) is 0. The molecular weight excluding hydrogens is 222 g/mol. The molecule has 17 heavy (non-hydrogen) atoms. The van der Waals surface area contributed by atoms with Crippen molar-refractivity contribution >= 4 is 11.7 Å². The zero-order chi connectivity index (χ0) is 12.8. The highest BCUT2D eigenvalue weighted by atomic mass is 16.4. The van der Waals surface area contributed by atoms with Gasteiger partial charge >= 0.3 is 0 Å². The average Bonchev–Trinajstić information content (AvgIpc) is 2.32. The highest BCUT2D eigenvalue weighted by Crippen LogP contribution is 2.18. The standard InChI is InChI=1S/C11H21N3O3/c1-2-9(10(12)14-17)11(16)13-7-3-5-8(15)6-4-7/h7-9,15,17H,2-6H2,1H3,(H2,12,14)(H,13,16). The third-order valence-corrected chi connectivity index (χ3v) is 3.24. The predicted molar refractivity (Wildman–Crippen MR) is 63.6 cm³/mol. The van der Waals surface area contributed by atoms with Crippen LogP contribution in [0.5, 0.6) is 0 Å². The summed E-state index contributed by atoms with van der Waals surface area (Å²) in [6.07, 6.45) is 3.24. The number of amides is 1. The van der Waals surface area contributed by atoms with Gasteiger partial charge in [-0.3, -0.25) is 4.79 Å². The van der Waals surface area contributed by atoms with Crippen LogP contribution >= 0.6 is 0 Å². The summed E-state index contributed by atoms with van der Waals surface area (Å²) in [4.78, 5) is 11.9. The van der Waals surface area contributed by atoms with Crippen molar-refractivity contribution in [1.29, 1.82) is 0 Å². The fraction of sp³-hybridized carbons (Fsp3) is 0.818. The van der Waals surface area contributed by atoms with Crippen molar-refractivity contribution in [3.8, 4) is 0 Å². The Morgan fingerprint density at radius 2 is 2.06 bits per heavy atom. The summed E-state index contributed by atoms with van der Waals surface area (Å²) in [6.45, 7) is 1.81. The summed E-state index contributed by atoms with van der Waals surface area (Å²) >= 11 is 0. The van der Waals surface area contributed by atoms with Gasteiger partial charge in [0.15, 0.2) is 5.84 Å². The van der Waals surface area contributed by atoms with Crippen molar-refractivity contribution in [3.05, 3.63) is 0 Å². The molecule has 0 bridgehead atoms. The summed E-state index contributed by atoms with van der Waals surface area (Å²) in [6, 6.07) is 0.0893. The number of nitrogens with two attached hydrogens (primary N) is 1. The molecule has 1 amide bonds. The van der Waals surface area contributed by atoms with E-state index in [1.807, 2.05) is 6.92 Å². The topological polar surface area (TPSA) is 108 Å². The molecule has 1 rings (SSSR count). The van der Waals surface area contributed by atoms with Gasteiger partial charge in [-0.05, 0) is 32.1 Å². The number of amidine groups is 1. The van der Waals surface area contributed by atoms with Gasteiger partial charge in [-0.1, -0.05) is 12.1 Å². The Labute approximate surface area is 101 Å². The van der Waals surface area contributed by atoms with Gasteiger partial charge < -0.3 is 21.4 Å². The largest absolute Gasteiger partial charge is 0.409 e. The Morgan fingerprint density at radius 1 is 1.47 bits per heavy atom. The molecule has 1 aliphatic carbocycles. The zero-order valence-corrected chi connectivity index (χ0v) is 10.1.